The number of nitrogens with one attached hydrogen (secondary N) is 1. The molecule has 0 spiro atoms. The highest BCUT2D eigenvalue weighted by atomic mass is 79.9. The molecule has 0 bridgehead atoms. The monoisotopic (exact) mass is 456 g/mol. The van der Waals surface area contributed by atoms with Crippen LogP contribution >= 0.6 is 39.1 Å². The van der Waals surface area contributed by atoms with Crippen LogP contribution < -0.4 is 5.32 Å². The smallest absolute Gasteiger partial charge is 0.239 e. The second kappa shape index (κ2) is 9.15. The first-order valence-electron chi connectivity index (χ1n) is 8.29. The molecule has 1 aliphatic heterocycles. The van der Waals surface area contributed by atoms with Gasteiger partial charge < -0.3 is 5.32 Å². The van der Waals surface area contributed by atoms with Crippen molar-refractivity contribution in [1.82, 2.24) is 14.8 Å². The van der Waals surface area contributed by atoms with Gasteiger partial charge in [0.1, 0.15) is 5.82 Å². The van der Waals surface area contributed by atoms with Gasteiger partial charge in [0.15, 0.2) is 0 Å². The normalized spacial score (nSPS) is 15.8. The molecular weight excluding hydrogens is 439 g/mol. The summed E-state index contributed by atoms with van der Waals surface area (Å²) in [6, 6.07) is 9.23. The molecular formula is C18H19BrCl2N4O. The van der Waals surface area contributed by atoms with E-state index in [0.29, 0.717) is 22.4 Å². The Morgan fingerprint density at radius 1 is 1.12 bits per heavy atom. The van der Waals surface area contributed by atoms with Gasteiger partial charge in [0.05, 0.1) is 6.54 Å². The molecule has 0 unspecified atom stereocenters. The fourth-order valence-corrected chi connectivity index (χ4v) is 3.53. The van der Waals surface area contributed by atoms with E-state index in [1.165, 1.54) is 0 Å². The van der Waals surface area contributed by atoms with E-state index in [2.05, 4.69) is 36.0 Å². The third kappa shape index (κ3) is 5.66. The number of halogens is 3. The van der Waals surface area contributed by atoms with Crippen molar-refractivity contribution >= 4 is 50.9 Å². The summed E-state index contributed by atoms with van der Waals surface area (Å²) < 4.78 is 0.882. The van der Waals surface area contributed by atoms with E-state index in [1.54, 1.807) is 18.3 Å². The number of pyridine rings is 1. The molecule has 1 aromatic heterocycles. The zero-order chi connectivity index (χ0) is 18.5. The van der Waals surface area contributed by atoms with Gasteiger partial charge in [-0.05, 0) is 45.8 Å². The molecule has 8 heteroatoms. The topological polar surface area (TPSA) is 48.5 Å². The number of benzene rings is 1. The summed E-state index contributed by atoms with van der Waals surface area (Å²) in [5, 5.41) is 4.17. The molecule has 0 atom stereocenters. The van der Waals surface area contributed by atoms with E-state index in [4.69, 9.17) is 23.2 Å². The van der Waals surface area contributed by atoms with Crippen molar-refractivity contribution in [2.24, 2.45) is 0 Å². The van der Waals surface area contributed by atoms with Crippen LogP contribution in [0.1, 0.15) is 5.56 Å². The second-order valence-corrected chi connectivity index (χ2v) is 7.96. The van der Waals surface area contributed by atoms with Gasteiger partial charge in [0.2, 0.25) is 5.91 Å². The van der Waals surface area contributed by atoms with Crippen molar-refractivity contribution in [3.05, 3.63) is 56.6 Å². The fourth-order valence-electron chi connectivity index (χ4n) is 2.83. The lowest BCUT2D eigenvalue weighted by atomic mass is 10.2. The molecule has 1 N–H and O–H groups in total. The minimum atomic E-state index is -0.0472. The van der Waals surface area contributed by atoms with Gasteiger partial charge in [-0.25, -0.2) is 4.98 Å². The van der Waals surface area contributed by atoms with Gasteiger partial charge >= 0.3 is 0 Å². The molecule has 1 fully saturated rings. The molecule has 1 amide bonds. The summed E-state index contributed by atoms with van der Waals surface area (Å²) in [4.78, 5) is 20.8. The van der Waals surface area contributed by atoms with Gasteiger partial charge in [0.25, 0.3) is 0 Å². The molecule has 0 aliphatic carbocycles. The standard InChI is InChI=1S/C18H19BrCl2N4O/c19-14-2-4-17(22-10-14)23-18(26)12-25-7-5-24(6-8-25)11-13-1-3-15(20)9-16(13)21/h1-4,9-10H,5-8,11-12H2,(H,22,23,26). The molecule has 1 aliphatic rings. The second-order valence-electron chi connectivity index (χ2n) is 6.20. The predicted octanol–water partition coefficient (Wildman–Crippen LogP) is 3.91. The van der Waals surface area contributed by atoms with E-state index in [-0.39, 0.29) is 5.91 Å². The first kappa shape index (κ1) is 19.6. The van der Waals surface area contributed by atoms with Crippen LogP contribution in [0.4, 0.5) is 5.82 Å². The third-order valence-electron chi connectivity index (χ3n) is 4.24. The molecule has 3 rings (SSSR count). The number of anilines is 1. The number of carbonyl (C=O) groups excluding carboxylic acids is 1. The minimum absolute atomic E-state index is 0.0472. The molecule has 26 heavy (non-hydrogen) atoms. The van der Waals surface area contributed by atoms with Crippen molar-refractivity contribution in [2.75, 3.05) is 38.0 Å². The van der Waals surface area contributed by atoms with Crippen LogP contribution in [0.3, 0.4) is 0 Å². The Morgan fingerprint density at radius 3 is 2.50 bits per heavy atom. The first-order chi connectivity index (χ1) is 12.5. The maximum Gasteiger partial charge on any atom is 0.239 e. The number of hydrogen-bond donors (Lipinski definition) is 1. The van der Waals surface area contributed by atoms with Gasteiger partial charge in [-0.1, -0.05) is 29.3 Å². The first-order valence-corrected chi connectivity index (χ1v) is 9.84. The number of hydrogen-bond acceptors (Lipinski definition) is 4. The lowest BCUT2D eigenvalue weighted by Gasteiger charge is -2.34. The fraction of sp³-hybridized carbons (Fsp3) is 0.333. The van der Waals surface area contributed by atoms with Crippen molar-refractivity contribution in [1.29, 1.82) is 0 Å². The third-order valence-corrected chi connectivity index (χ3v) is 5.29. The zero-order valence-corrected chi connectivity index (χ0v) is 17.2. The molecule has 1 aromatic carbocycles. The SMILES string of the molecule is O=C(CN1CCN(Cc2ccc(Cl)cc2Cl)CC1)Nc1ccc(Br)cn1. The molecule has 2 aromatic rings. The summed E-state index contributed by atoms with van der Waals surface area (Å²) in [6.07, 6.45) is 1.66. The van der Waals surface area contributed by atoms with E-state index in [9.17, 15) is 4.79 Å². The largest absolute Gasteiger partial charge is 0.310 e. The van der Waals surface area contributed by atoms with Gasteiger partial charge in [-0.15, -0.1) is 0 Å². The van der Waals surface area contributed by atoms with Crippen LogP contribution in [0.5, 0.6) is 0 Å². The highest BCUT2D eigenvalue weighted by Gasteiger charge is 2.20. The lowest BCUT2D eigenvalue weighted by Crippen LogP contribution is -2.48. The number of piperazine rings is 1. The molecule has 1 saturated heterocycles. The van der Waals surface area contributed by atoms with Crippen molar-refractivity contribution in [3.8, 4) is 0 Å². The van der Waals surface area contributed by atoms with Gasteiger partial charge in [-0.2, -0.15) is 0 Å². The zero-order valence-electron chi connectivity index (χ0n) is 14.1. The maximum absolute atomic E-state index is 12.2. The van der Waals surface area contributed by atoms with Crippen molar-refractivity contribution in [3.63, 3.8) is 0 Å². The maximum atomic E-state index is 12.2. The molecule has 138 valence electrons. The Kier molecular flexibility index (Phi) is 6.89. The minimum Gasteiger partial charge on any atom is -0.310 e. The van der Waals surface area contributed by atoms with Crippen LogP contribution in [0.15, 0.2) is 41.0 Å². The Balaban J connectivity index is 1.44. The number of carbonyl (C=O) groups is 1. The van der Waals surface area contributed by atoms with E-state index in [0.717, 1.165) is 42.8 Å². The molecule has 0 radical (unpaired) electrons. The summed E-state index contributed by atoms with van der Waals surface area (Å²) in [7, 11) is 0. The summed E-state index contributed by atoms with van der Waals surface area (Å²) in [6.45, 7) is 4.62. The average molecular weight is 458 g/mol. The Hall–Kier alpha value is -1.18. The lowest BCUT2D eigenvalue weighted by molar-refractivity contribution is -0.117. The highest BCUT2D eigenvalue weighted by molar-refractivity contribution is 9.10. The van der Waals surface area contributed by atoms with Crippen LogP contribution in [-0.2, 0) is 11.3 Å². The number of aromatic nitrogens is 1. The van der Waals surface area contributed by atoms with Gasteiger partial charge in [0, 0.05) is 53.4 Å². The van der Waals surface area contributed by atoms with E-state index in [1.807, 2.05) is 18.2 Å². The molecule has 5 nitrogen and oxygen atoms in total. The van der Waals surface area contributed by atoms with Gasteiger partial charge in [-0.3, -0.25) is 14.6 Å². The Bertz CT molecular complexity index is 764. The predicted molar refractivity (Wildman–Crippen MR) is 109 cm³/mol. The quantitative estimate of drug-likeness (QED) is 0.739. The molecule has 0 saturated carbocycles. The highest BCUT2D eigenvalue weighted by Crippen LogP contribution is 2.22. The number of nitrogens with zero attached hydrogens (tertiary/aromatic N) is 3. The molecule has 2 heterocycles. The summed E-state index contributed by atoms with van der Waals surface area (Å²) >= 11 is 15.5. The van der Waals surface area contributed by atoms with Crippen LogP contribution in [0.25, 0.3) is 0 Å². The van der Waals surface area contributed by atoms with Crippen molar-refractivity contribution < 1.29 is 4.79 Å². The van der Waals surface area contributed by atoms with Crippen LogP contribution in [0, 0.1) is 0 Å². The number of amides is 1. The summed E-state index contributed by atoms with van der Waals surface area (Å²) in [5.41, 5.74) is 1.07. The van der Waals surface area contributed by atoms with Crippen LogP contribution in [0.2, 0.25) is 10.0 Å². The van der Waals surface area contributed by atoms with Crippen molar-refractivity contribution in [2.45, 2.75) is 6.54 Å². The van der Waals surface area contributed by atoms with E-state index >= 15 is 0 Å². The summed E-state index contributed by atoms with van der Waals surface area (Å²) in [5.74, 6) is 0.517. The Labute approximate surface area is 171 Å². The number of rotatable bonds is 5. The van der Waals surface area contributed by atoms with Crippen LogP contribution in [-0.4, -0.2) is 53.4 Å². The van der Waals surface area contributed by atoms with E-state index < -0.39 is 0 Å². The Morgan fingerprint density at radius 2 is 1.85 bits per heavy atom. The average Bonchev–Trinajstić information content (AvgIpc) is 2.61.